The quantitative estimate of drug-likeness (QED) is 0.236. The van der Waals surface area contributed by atoms with E-state index in [1.54, 1.807) is 0 Å². The van der Waals surface area contributed by atoms with Crippen LogP contribution in [0.3, 0.4) is 0 Å². The zero-order valence-corrected chi connectivity index (χ0v) is 21.9. The predicted molar refractivity (Wildman–Crippen MR) is 159 cm³/mol. The molecule has 3 heteroatoms. The van der Waals surface area contributed by atoms with Crippen LogP contribution in [-0.4, -0.2) is 4.98 Å². The topological polar surface area (TPSA) is 12.9 Å². The van der Waals surface area contributed by atoms with Crippen LogP contribution in [0.2, 0.25) is 0 Å². The monoisotopic (exact) mass is 499 g/mol. The minimum absolute atomic E-state index is 0.597. The predicted octanol–water partition coefficient (Wildman–Crippen LogP) is 10.3. The summed E-state index contributed by atoms with van der Waals surface area (Å²) in [7, 11) is 0. The van der Waals surface area contributed by atoms with E-state index in [0.29, 0.717) is 5.92 Å². The SMILES string of the molecule is Cc1ccc(-c2ccc(C3=CCC(C)C=C3)c3sc(-c4ccc5sc6ccccc6c5c4)nc23)cc1. The van der Waals surface area contributed by atoms with E-state index in [4.69, 9.17) is 4.98 Å². The molecule has 1 aliphatic carbocycles. The van der Waals surface area contributed by atoms with Gasteiger partial charge in [0.1, 0.15) is 5.01 Å². The third-order valence-corrected chi connectivity index (χ3v) is 9.44. The summed E-state index contributed by atoms with van der Waals surface area (Å²) in [6, 6.07) is 28.9. The minimum Gasteiger partial charge on any atom is -0.235 e. The van der Waals surface area contributed by atoms with Gasteiger partial charge in [-0.25, -0.2) is 4.98 Å². The maximum absolute atomic E-state index is 5.29. The molecule has 7 rings (SSSR count). The normalized spacial score (nSPS) is 15.7. The molecule has 0 bridgehead atoms. The van der Waals surface area contributed by atoms with Crippen LogP contribution in [0, 0.1) is 12.8 Å². The van der Waals surface area contributed by atoms with E-state index in [2.05, 4.69) is 111 Å². The molecule has 1 atom stereocenters. The van der Waals surface area contributed by atoms with Crippen molar-refractivity contribution in [3.63, 3.8) is 0 Å². The number of thiophene rings is 1. The first kappa shape index (κ1) is 21.7. The number of rotatable bonds is 3. The van der Waals surface area contributed by atoms with Crippen molar-refractivity contribution in [3.05, 3.63) is 108 Å². The molecule has 0 aliphatic heterocycles. The third-order valence-electron chi connectivity index (χ3n) is 7.15. The summed E-state index contributed by atoms with van der Waals surface area (Å²) in [5.41, 5.74) is 8.57. The standard InChI is InChI=1S/C33H25NS2/c1-20-7-11-22(12-8-20)25-16-17-26(23-13-9-21(2)10-14-23)32-31(25)34-33(36-32)24-15-18-30-28(19-24)27-5-3-4-6-29(27)35-30/h3-9,11-19,21H,10H2,1-2H3. The van der Waals surface area contributed by atoms with E-state index >= 15 is 0 Å². The number of hydrogen-bond donors (Lipinski definition) is 0. The summed E-state index contributed by atoms with van der Waals surface area (Å²) in [6.07, 6.45) is 8.08. The van der Waals surface area contributed by atoms with Gasteiger partial charge in [0, 0.05) is 36.9 Å². The Kier molecular flexibility index (Phi) is 5.16. The number of aryl methyl sites for hydroxylation is 1. The Bertz CT molecular complexity index is 1830. The summed E-state index contributed by atoms with van der Waals surface area (Å²) in [5, 5.41) is 3.73. The molecule has 1 nitrogen and oxygen atoms in total. The molecule has 2 aromatic heterocycles. The van der Waals surface area contributed by atoms with Crippen LogP contribution in [-0.2, 0) is 0 Å². The molecular weight excluding hydrogens is 475 g/mol. The van der Waals surface area contributed by atoms with Crippen LogP contribution in [0.15, 0.2) is 97.1 Å². The first-order chi connectivity index (χ1) is 17.6. The van der Waals surface area contributed by atoms with Crippen molar-refractivity contribution in [2.75, 3.05) is 0 Å². The van der Waals surface area contributed by atoms with Crippen LogP contribution in [0.5, 0.6) is 0 Å². The van der Waals surface area contributed by atoms with Crippen molar-refractivity contribution in [3.8, 4) is 21.7 Å². The van der Waals surface area contributed by atoms with Gasteiger partial charge >= 0.3 is 0 Å². The molecule has 0 spiro atoms. The Labute approximate surface area is 219 Å². The van der Waals surface area contributed by atoms with Gasteiger partial charge in [-0.3, -0.25) is 0 Å². The van der Waals surface area contributed by atoms with E-state index in [0.717, 1.165) is 16.9 Å². The zero-order valence-electron chi connectivity index (χ0n) is 20.3. The van der Waals surface area contributed by atoms with Gasteiger partial charge in [-0.2, -0.15) is 0 Å². The van der Waals surface area contributed by atoms with E-state index in [9.17, 15) is 0 Å². The molecule has 0 saturated carbocycles. The van der Waals surface area contributed by atoms with Gasteiger partial charge in [0.2, 0.25) is 0 Å². The van der Waals surface area contributed by atoms with E-state index in [1.807, 2.05) is 22.7 Å². The van der Waals surface area contributed by atoms with Crippen molar-refractivity contribution < 1.29 is 0 Å². The number of aromatic nitrogens is 1. The van der Waals surface area contributed by atoms with Gasteiger partial charge in [0.15, 0.2) is 0 Å². The molecule has 174 valence electrons. The Morgan fingerprint density at radius 2 is 1.56 bits per heavy atom. The Morgan fingerprint density at radius 1 is 0.778 bits per heavy atom. The van der Waals surface area contributed by atoms with E-state index < -0.39 is 0 Å². The van der Waals surface area contributed by atoms with Gasteiger partial charge in [-0.15, -0.1) is 22.7 Å². The van der Waals surface area contributed by atoms with Crippen molar-refractivity contribution in [2.24, 2.45) is 5.92 Å². The average Bonchev–Trinajstić information content (AvgIpc) is 3.51. The lowest BCUT2D eigenvalue weighted by molar-refractivity contribution is 0.739. The fourth-order valence-corrected chi connectivity index (χ4v) is 7.32. The first-order valence-electron chi connectivity index (χ1n) is 12.4. The Morgan fingerprint density at radius 3 is 2.39 bits per heavy atom. The molecule has 0 amide bonds. The van der Waals surface area contributed by atoms with Gasteiger partial charge in [-0.05, 0) is 48.6 Å². The van der Waals surface area contributed by atoms with Gasteiger partial charge in [0.25, 0.3) is 0 Å². The van der Waals surface area contributed by atoms with E-state index in [-0.39, 0.29) is 0 Å². The highest BCUT2D eigenvalue weighted by Crippen LogP contribution is 2.43. The van der Waals surface area contributed by atoms with Crippen LogP contribution >= 0.6 is 22.7 Å². The number of benzene rings is 4. The fraction of sp³-hybridized carbons (Fsp3) is 0.121. The van der Waals surface area contributed by atoms with Crippen LogP contribution < -0.4 is 0 Å². The highest BCUT2D eigenvalue weighted by Gasteiger charge is 2.18. The smallest absolute Gasteiger partial charge is 0.124 e. The summed E-state index contributed by atoms with van der Waals surface area (Å²) in [4.78, 5) is 5.29. The van der Waals surface area contributed by atoms with Gasteiger partial charge < -0.3 is 0 Å². The second-order valence-corrected chi connectivity index (χ2v) is 11.8. The lowest BCUT2D eigenvalue weighted by atomic mass is 9.92. The number of nitrogens with zero attached hydrogens (tertiary/aromatic N) is 1. The molecule has 1 aliphatic rings. The molecule has 36 heavy (non-hydrogen) atoms. The molecule has 0 fully saturated rings. The number of thiazole rings is 1. The van der Waals surface area contributed by atoms with Gasteiger partial charge in [0.05, 0.1) is 10.2 Å². The highest BCUT2D eigenvalue weighted by atomic mass is 32.1. The number of allylic oxidation sites excluding steroid dienone is 4. The molecular formula is C33H25NS2. The van der Waals surface area contributed by atoms with Crippen molar-refractivity contribution in [2.45, 2.75) is 20.3 Å². The van der Waals surface area contributed by atoms with Gasteiger partial charge in [-0.1, -0.05) is 91.4 Å². The number of hydrogen-bond acceptors (Lipinski definition) is 3. The van der Waals surface area contributed by atoms with Crippen molar-refractivity contribution in [1.29, 1.82) is 0 Å². The molecule has 0 radical (unpaired) electrons. The Balaban J connectivity index is 1.45. The first-order valence-corrected chi connectivity index (χ1v) is 14.1. The highest BCUT2D eigenvalue weighted by molar-refractivity contribution is 7.26. The summed E-state index contributed by atoms with van der Waals surface area (Å²) in [5.74, 6) is 0.597. The largest absolute Gasteiger partial charge is 0.235 e. The van der Waals surface area contributed by atoms with Crippen molar-refractivity contribution in [1.82, 2.24) is 4.98 Å². The summed E-state index contributed by atoms with van der Waals surface area (Å²) >= 11 is 3.68. The molecule has 6 aromatic rings. The lowest BCUT2D eigenvalue weighted by Crippen LogP contribution is -1.95. The zero-order chi connectivity index (χ0) is 24.2. The molecule has 1 unspecified atom stereocenters. The minimum atomic E-state index is 0.597. The van der Waals surface area contributed by atoms with Crippen LogP contribution in [0.4, 0.5) is 0 Å². The molecule has 0 N–H and O–H groups in total. The average molecular weight is 500 g/mol. The molecule has 0 saturated heterocycles. The summed E-state index contributed by atoms with van der Waals surface area (Å²) in [6.45, 7) is 4.41. The second kappa shape index (κ2) is 8.55. The van der Waals surface area contributed by atoms with E-state index in [1.165, 1.54) is 58.3 Å². The second-order valence-electron chi connectivity index (χ2n) is 9.76. The summed E-state index contributed by atoms with van der Waals surface area (Å²) < 4.78 is 3.93. The Hall–Kier alpha value is -3.53. The maximum atomic E-state index is 5.29. The third kappa shape index (κ3) is 3.62. The fourth-order valence-electron chi connectivity index (χ4n) is 5.11. The van der Waals surface area contributed by atoms with Crippen molar-refractivity contribution >= 4 is 58.6 Å². The lowest BCUT2D eigenvalue weighted by Gasteiger charge is -2.13. The maximum Gasteiger partial charge on any atom is 0.124 e. The molecule has 4 aromatic carbocycles. The number of fused-ring (bicyclic) bond motifs is 4. The van der Waals surface area contributed by atoms with Crippen LogP contribution in [0.25, 0.3) is 57.7 Å². The van der Waals surface area contributed by atoms with Crippen LogP contribution in [0.1, 0.15) is 24.5 Å². The molecule has 2 heterocycles.